The average Bonchev–Trinajstić information content (AvgIpc) is 0. The average molecular weight is 532 g/mol. The molecule has 0 fully saturated rings. The molecular weight excluding hydrogens is 532 g/mol. The maximum Gasteiger partial charge on any atom is 5.00 e. The first-order valence-electron chi connectivity index (χ1n) is 0. The van der Waals surface area contributed by atoms with E-state index in [1.807, 2.05) is 0 Å². The molecule has 5 nitrogen and oxygen atoms in total. The summed E-state index contributed by atoms with van der Waals surface area (Å²) in [6, 6.07) is 0. The Kier molecular flexibility index (Phi) is 5010. The Bertz CT molecular complexity index is 38.9. The molecule has 21 radical (unpaired) electrons. The van der Waals surface area contributed by atoms with Crippen LogP contribution in [0.4, 0.5) is 0 Å². The van der Waals surface area contributed by atoms with Crippen LogP contribution in [-0.2, 0) is 121 Å². The van der Waals surface area contributed by atoms with Gasteiger partial charge >= 0.3 is 55.7 Å². The van der Waals surface area contributed by atoms with Crippen LogP contribution in [0.5, 0.6) is 0 Å². The quantitative estimate of drug-likeness (QED) is 0.358. The van der Waals surface area contributed by atoms with E-state index in [4.69, 9.17) is 0 Å². The molecule has 17 heavy (non-hydrogen) atoms. The van der Waals surface area contributed by atoms with E-state index in [1.165, 1.54) is 0 Å². The van der Waals surface area contributed by atoms with Crippen molar-refractivity contribution < 1.29 is 121 Å². The topological polar surface area (TPSA) is 152 Å². The Labute approximate surface area is 232 Å². The molecule has 0 bridgehead atoms. The number of hydrogen-bond donors (Lipinski definition) is 0. The zero-order valence-electron chi connectivity index (χ0n) is 8.31. The molecule has 0 saturated heterocycles. The molecule has 0 unspecified atom stereocenters. The number of nitrogens with zero attached hydrogens (tertiary/aromatic N) is 5. The van der Waals surface area contributed by atoms with Crippen molar-refractivity contribution in [3.63, 3.8) is 0 Å². The molecule has 0 aliphatic carbocycles. The number of rotatable bonds is 0. The maximum absolute atomic E-state index is 0. The summed E-state index contributed by atoms with van der Waals surface area (Å²) < 4.78 is 0. The number of hydrogen-bond acceptors (Lipinski definition) is 0. The second-order valence-electron chi connectivity index (χ2n) is 0. The molecule has 0 aromatic carbocycles. The van der Waals surface area contributed by atoms with Gasteiger partial charge < -0.3 is 30.8 Å². The minimum Gasteiger partial charge on any atom is -3.00 e. The van der Waals surface area contributed by atoms with Crippen molar-refractivity contribution in [2.75, 3.05) is 0 Å². The molecule has 73 valence electrons. The smallest absolute Gasteiger partial charge is 3.00 e. The minimum absolute atomic E-state index is 0. The monoisotopic (exact) mass is 532 g/mol. The summed E-state index contributed by atoms with van der Waals surface area (Å²) in [5, 5.41) is 0. The van der Waals surface area contributed by atoms with E-state index in [-0.39, 0.29) is 237 Å². The molecule has 0 aliphatic heterocycles. The second kappa shape index (κ2) is 272. The van der Waals surface area contributed by atoms with E-state index < -0.39 is 0 Å². The predicted molar refractivity (Wildman–Crippen MR) is 51.3 cm³/mol. The van der Waals surface area contributed by atoms with Crippen molar-refractivity contribution in [3.05, 3.63) is 30.8 Å². The molecule has 0 aromatic heterocycles. The van der Waals surface area contributed by atoms with Gasteiger partial charge in [-0.2, -0.15) is 0 Å². The zero-order valence-corrected chi connectivity index (χ0v) is 23.6. The summed E-state index contributed by atoms with van der Waals surface area (Å²) in [7, 11) is 0. The van der Waals surface area contributed by atoms with Crippen LogP contribution in [0.3, 0.4) is 0 Å². The Morgan fingerprint density at radius 2 is 0.294 bits per heavy atom. The van der Waals surface area contributed by atoms with Crippen LogP contribution in [0.25, 0.3) is 30.8 Å². The van der Waals surface area contributed by atoms with Gasteiger partial charge in [0.15, 0.2) is 0 Å². The normalized spacial score (nSPS) is 0. The minimum atomic E-state index is 0. The fourth-order valence-electron chi connectivity index (χ4n) is 0. The fourth-order valence-corrected chi connectivity index (χ4v) is 0. The van der Waals surface area contributed by atoms with Crippen molar-refractivity contribution in [2.45, 2.75) is 0 Å². The molecule has 0 amide bonds. The summed E-state index contributed by atoms with van der Waals surface area (Å²) >= 11 is 0. The van der Waals surface area contributed by atoms with Gasteiger partial charge in [-0.3, -0.25) is 0 Å². The van der Waals surface area contributed by atoms with Crippen molar-refractivity contribution in [2.24, 2.45) is 0 Å². The fraction of sp³-hybridized carbons (Fsp3) is 0. The van der Waals surface area contributed by atoms with E-state index in [9.17, 15) is 0 Å². The van der Waals surface area contributed by atoms with Crippen LogP contribution >= 0.6 is 0 Å². The summed E-state index contributed by atoms with van der Waals surface area (Å²) in [5.41, 5.74) is 0. The maximum atomic E-state index is 0. The van der Waals surface area contributed by atoms with Gasteiger partial charge in [0.2, 0.25) is 0 Å². The molecule has 17 heteroatoms. The molecule has 0 saturated carbocycles. The molecule has 0 rings (SSSR count). The van der Waals surface area contributed by atoms with Crippen molar-refractivity contribution in [3.8, 4) is 0 Å². The van der Waals surface area contributed by atoms with Crippen LogP contribution in [0.1, 0.15) is 0 Å². The van der Waals surface area contributed by atoms with Gasteiger partial charge in [0, 0.05) is 150 Å². The van der Waals surface area contributed by atoms with Gasteiger partial charge in [-0.15, -0.1) is 0 Å². The zero-order chi connectivity index (χ0) is 0. The Morgan fingerprint density at radius 1 is 0.294 bits per heavy atom. The standard InChI is InChI=1S/3Al.5N.3Si.3Ti.3V/q;;;5*-3;;;;;;;3*+5. The molecule has 0 spiro atoms. The van der Waals surface area contributed by atoms with Crippen molar-refractivity contribution >= 4 is 85.0 Å². The third-order valence-electron chi connectivity index (χ3n) is 0. The molecular formula is Al3N5Si3Ti3V3. The van der Waals surface area contributed by atoms with E-state index in [1.54, 1.807) is 0 Å². The third kappa shape index (κ3) is 247. The summed E-state index contributed by atoms with van der Waals surface area (Å²) in [6.07, 6.45) is 0. The Morgan fingerprint density at radius 3 is 0.294 bits per heavy atom. The van der Waals surface area contributed by atoms with Gasteiger partial charge in [-0.25, -0.2) is 0 Å². The van der Waals surface area contributed by atoms with E-state index in [2.05, 4.69) is 0 Å². The van der Waals surface area contributed by atoms with Crippen LogP contribution in [0.2, 0.25) is 0 Å². The Hall–Kier alpha value is 5.94. The molecule has 0 N–H and O–H groups in total. The molecule has 0 atom stereocenters. The van der Waals surface area contributed by atoms with Gasteiger partial charge in [-0.1, -0.05) is 0 Å². The predicted octanol–water partition coefficient (Wildman–Crippen LogP) is -0.856. The van der Waals surface area contributed by atoms with Crippen LogP contribution in [-0.4, -0.2) is 85.0 Å². The van der Waals surface area contributed by atoms with E-state index in [0.29, 0.717) is 0 Å². The van der Waals surface area contributed by atoms with Crippen LogP contribution in [0, 0.1) is 0 Å². The first kappa shape index (κ1) is 313. The van der Waals surface area contributed by atoms with Gasteiger partial charge in [-0.05, 0) is 0 Å². The van der Waals surface area contributed by atoms with E-state index >= 15 is 0 Å². The largest absolute Gasteiger partial charge is 5.00 e. The molecule has 0 heterocycles. The Balaban J connectivity index is 0. The van der Waals surface area contributed by atoms with Crippen LogP contribution < -0.4 is 0 Å². The molecule has 0 aliphatic rings. The third-order valence-corrected chi connectivity index (χ3v) is 0. The second-order valence-corrected chi connectivity index (χ2v) is 0. The van der Waals surface area contributed by atoms with Gasteiger partial charge in [0.25, 0.3) is 0 Å². The summed E-state index contributed by atoms with van der Waals surface area (Å²) in [5.74, 6) is 0. The van der Waals surface area contributed by atoms with Crippen LogP contribution in [0.15, 0.2) is 0 Å². The van der Waals surface area contributed by atoms with Crippen molar-refractivity contribution in [1.82, 2.24) is 0 Å². The summed E-state index contributed by atoms with van der Waals surface area (Å²) in [6.45, 7) is 0. The first-order chi connectivity index (χ1) is 0. The van der Waals surface area contributed by atoms with Gasteiger partial charge in [0.1, 0.15) is 0 Å². The SMILES string of the molecule is [Al].[Al].[Al].[N-3].[N-3].[N-3].[N-3].[N-3].[Si].[Si].[Si].[Ti].[Ti].[Ti].[V+5].[V+5].[V+5]. The van der Waals surface area contributed by atoms with Gasteiger partial charge in [0.05, 0.1) is 0 Å². The van der Waals surface area contributed by atoms with Crippen molar-refractivity contribution in [1.29, 1.82) is 0 Å². The molecule has 0 aromatic rings. The van der Waals surface area contributed by atoms with E-state index in [0.717, 1.165) is 0 Å². The first-order valence-corrected chi connectivity index (χ1v) is 0. The summed E-state index contributed by atoms with van der Waals surface area (Å²) in [4.78, 5) is 0.